The molecule has 0 N–H and O–H groups in total. The average molecular weight is 697 g/mol. The van der Waals surface area contributed by atoms with Crippen molar-refractivity contribution in [3.05, 3.63) is 204 Å². The molecule has 0 spiro atoms. The molecule has 2 nitrogen and oxygen atoms in total. The van der Waals surface area contributed by atoms with Gasteiger partial charge in [-0.15, -0.1) is 0 Å². The molecule has 262 valence electrons. The Bertz CT molecular complexity index is 2720. The van der Waals surface area contributed by atoms with Crippen molar-refractivity contribution in [2.75, 3.05) is 4.90 Å². The number of para-hydroxylation sites is 2. The molecule has 0 saturated carbocycles. The minimum Gasteiger partial charge on any atom is -0.311 e. The number of hydrogen-bond acceptors (Lipinski definition) is 1. The number of benzene rings is 6. The summed E-state index contributed by atoms with van der Waals surface area (Å²) in [6.45, 7) is 4.71. The molecule has 0 radical (unpaired) electrons. The van der Waals surface area contributed by atoms with E-state index in [1.165, 1.54) is 77.6 Å². The summed E-state index contributed by atoms with van der Waals surface area (Å²) in [5.74, 6) is 0.959. The van der Waals surface area contributed by atoms with Crippen LogP contribution in [0.5, 0.6) is 0 Å². The molecule has 2 heteroatoms. The summed E-state index contributed by atoms with van der Waals surface area (Å²) in [6.07, 6.45) is 22.0. The fourth-order valence-corrected chi connectivity index (χ4v) is 9.09. The van der Waals surface area contributed by atoms with Gasteiger partial charge in [0, 0.05) is 44.9 Å². The fraction of sp³-hybridized carbons (Fsp3) is 0.154. The topological polar surface area (TPSA) is 8.17 Å². The van der Waals surface area contributed by atoms with Crippen LogP contribution in [0.2, 0.25) is 0 Å². The van der Waals surface area contributed by atoms with E-state index >= 15 is 0 Å². The van der Waals surface area contributed by atoms with Crippen molar-refractivity contribution in [2.45, 2.75) is 50.4 Å². The Morgan fingerprint density at radius 3 is 2.24 bits per heavy atom. The number of aromatic nitrogens is 1. The number of rotatable bonds is 6. The van der Waals surface area contributed by atoms with Gasteiger partial charge in [0.15, 0.2) is 0 Å². The maximum atomic E-state index is 2.45. The van der Waals surface area contributed by atoms with E-state index in [0.717, 1.165) is 19.3 Å². The average Bonchev–Trinajstić information content (AvgIpc) is 3.57. The molecule has 6 aromatic carbocycles. The van der Waals surface area contributed by atoms with Gasteiger partial charge >= 0.3 is 0 Å². The van der Waals surface area contributed by atoms with Gasteiger partial charge in [-0.3, -0.25) is 0 Å². The second kappa shape index (κ2) is 13.1. The van der Waals surface area contributed by atoms with Crippen LogP contribution in [0, 0.1) is 0 Å². The predicted molar refractivity (Wildman–Crippen MR) is 230 cm³/mol. The first-order valence-corrected chi connectivity index (χ1v) is 19.5. The predicted octanol–water partition coefficient (Wildman–Crippen LogP) is 14.0. The fourth-order valence-electron chi connectivity index (χ4n) is 9.09. The number of nitrogens with zero attached hydrogens (tertiary/aromatic N) is 2. The van der Waals surface area contributed by atoms with Crippen LogP contribution in [-0.2, 0) is 5.41 Å². The van der Waals surface area contributed by atoms with Crippen molar-refractivity contribution in [1.82, 2.24) is 4.57 Å². The van der Waals surface area contributed by atoms with Crippen LogP contribution in [0.1, 0.15) is 67.2 Å². The Hall–Kier alpha value is -6.12. The first-order chi connectivity index (χ1) is 26.5. The summed E-state index contributed by atoms with van der Waals surface area (Å²) < 4.78 is 2.45. The van der Waals surface area contributed by atoms with Crippen molar-refractivity contribution in [2.24, 2.45) is 0 Å². The van der Waals surface area contributed by atoms with Gasteiger partial charge in [0.2, 0.25) is 0 Å². The second-order valence-electron chi connectivity index (χ2n) is 15.6. The molecule has 0 amide bonds. The van der Waals surface area contributed by atoms with Crippen LogP contribution >= 0.6 is 0 Å². The lowest BCUT2D eigenvalue weighted by Crippen LogP contribution is -2.21. The second-order valence-corrected chi connectivity index (χ2v) is 15.6. The lowest BCUT2D eigenvalue weighted by Gasteiger charge is -2.32. The Labute approximate surface area is 318 Å². The molecule has 3 aliphatic carbocycles. The highest BCUT2D eigenvalue weighted by atomic mass is 15.1. The van der Waals surface area contributed by atoms with Gasteiger partial charge in [-0.1, -0.05) is 147 Å². The van der Waals surface area contributed by atoms with E-state index in [0.29, 0.717) is 11.8 Å². The minimum atomic E-state index is -0.107. The third-order valence-corrected chi connectivity index (χ3v) is 12.2. The molecule has 3 unspecified atom stereocenters. The summed E-state index contributed by atoms with van der Waals surface area (Å²) in [5.41, 5.74) is 12.8. The van der Waals surface area contributed by atoms with E-state index in [1.807, 2.05) is 0 Å². The standard InChI is InChI=1S/C52H44N2/c1-36-11-10-13-39-19-20-40(35-48(36)39)37-21-26-43(27-22-37)53(42-14-4-3-5-15-42)44-28-24-41(25-29-44)52(2)33-31-45(32-34-52)54-49-18-9-8-17-47(49)51-46-16-7-6-12-38(46)23-30-50(51)54/h3-10,12-21,23-33,35-37H,11,22,34H2,1-2H3. The molecule has 54 heavy (non-hydrogen) atoms. The van der Waals surface area contributed by atoms with E-state index in [9.17, 15) is 0 Å². The monoisotopic (exact) mass is 696 g/mol. The first kappa shape index (κ1) is 32.5. The van der Waals surface area contributed by atoms with Crippen molar-refractivity contribution in [1.29, 1.82) is 0 Å². The highest BCUT2D eigenvalue weighted by Gasteiger charge is 2.27. The number of allylic oxidation sites excluding steroid dienone is 8. The normalized spacial score (nSPS) is 20.6. The van der Waals surface area contributed by atoms with Gasteiger partial charge in [0.05, 0.1) is 11.0 Å². The minimum absolute atomic E-state index is 0.107. The molecule has 7 aromatic rings. The zero-order valence-corrected chi connectivity index (χ0v) is 31.0. The summed E-state index contributed by atoms with van der Waals surface area (Å²) >= 11 is 0. The van der Waals surface area contributed by atoms with Crippen LogP contribution in [0.15, 0.2) is 182 Å². The van der Waals surface area contributed by atoms with Crippen LogP contribution in [0.3, 0.4) is 0 Å². The highest BCUT2D eigenvalue weighted by molar-refractivity contribution is 6.21. The number of fused-ring (bicyclic) bond motifs is 6. The van der Waals surface area contributed by atoms with Gasteiger partial charge in [-0.05, 0) is 107 Å². The molecule has 1 heterocycles. The molecule has 3 aliphatic rings. The Balaban J connectivity index is 0.932. The Morgan fingerprint density at radius 1 is 0.667 bits per heavy atom. The zero-order valence-electron chi connectivity index (χ0n) is 31.0. The van der Waals surface area contributed by atoms with E-state index in [2.05, 4.69) is 205 Å². The van der Waals surface area contributed by atoms with Gasteiger partial charge < -0.3 is 9.47 Å². The largest absolute Gasteiger partial charge is 0.311 e. The third-order valence-electron chi connectivity index (χ3n) is 12.2. The summed E-state index contributed by atoms with van der Waals surface area (Å²) in [7, 11) is 0. The molecule has 1 aromatic heterocycles. The number of hydrogen-bond donors (Lipinski definition) is 0. The van der Waals surface area contributed by atoms with E-state index in [4.69, 9.17) is 0 Å². The van der Waals surface area contributed by atoms with Gasteiger partial charge in [0.25, 0.3) is 0 Å². The Kier molecular flexibility index (Phi) is 7.87. The lowest BCUT2D eigenvalue weighted by molar-refractivity contribution is 0.599. The molecular weight excluding hydrogens is 653 g/mol. The quantitative estimate of drug-likeness (QED) is 0.168. The summed E-state index contributed by atoms with van der Waals surface area (Å²) in [5, 5.41) is 5.21. The Morgan fingerprint density at radius 2 is 1.44 bits per heavy atom. The lowest BCUT2D eigenvalue weighted by atomic mass is 9.77. The van der Waals surface area contributed by atoms with Gasteiger partial charge in [0.1, 0.15) is 0 Å². The SMILES string of the molecule is CC1CC=Cc2ccc(C3C=CC(N(c4ccccc4)c4ccc(C5(C)C=CC(n6c7ccccc7c7c8ccccc8ccc76)=CC5)cc4)=CC3)cc21. The van der Waals surface area contributed by atoms with E-state index in [-0.39, 0.29) is 5.41 Å². The maximum Gasteiger partial charge on any atom is 0.0547 e. The van der Waals surface area contributed by atoms with Gasteiger partial charge in [-0.25, -0.2) is 0 Å². The number of anilines is 2. The van der Waals surface area contributed by atoms with Crippen molar-refractivity contribution < 1.29 is 0 Å². The van der Waals surface area contributed by atoms with E-state index in [1.54, 1.807) is 0 Å². The zero-order chi connectivity index (χ0) is 36.2. The van der Waals surface area contributed by atoms with Gasteiger partial charge in [-0.2, -0.15) is 0 Å². The van der Waals surface area contributed by atoms with Crippen molar-refractivity contribution in [3.63, 3.8) is 0 Å². The summed E-state index contributed by atoms with van der Waals surface area (Å²) in [6, 6.07) is 49.3. The maximum absolute atomic E-state index is 2.45. The molecule has 0 fully saturated rings. The molecule has 10 rings (SSSR count). The molecular formula is C52H44N2. The molecule has 3 atom stereocenters. The smallest absolute Gasteiger partial charge is 0.0547 e. The van der Waals surface area contributed by atoms with Crippen LogP contribution in [0.25, 0.3) is 44.4 Å². The molecule has 0 bridgehead atoms. The highest BCUT2D eigenvalue weighted by Crippen LogP contribution is 2.42. The first-order valence-electron chi connectivity index (χ1n) is 19.5. The van der Waals surface area contributed by atoms with Crippen LogP contribution in [0.4, 0.5) is 11.4 Å². The van der Waals surface area contributed by atoms with Crippen molar-refractivity contribution >= 4 is 55.7 Å². The summed E-state index contributed by atoms with van der Waals surface area (Å²) in [4.78, 5) is 2.40. The van der Waals surface area contributed by atoms with Crippen LogP contribution in [-0.4, -0.2) is 4.57 Å². The van der Waals surface area contributed by atoms with Crippen molar-refractivity contribution in [3.8, 4) is 0 Å². The van der Waals surface area contributed by atoms with E-state index < -0.39 is 0 Å². The third kappa shape index (κ3) is 5.48. The molecule has 0 aliphatic heterocycles. The molecule has 0 saturated heterocycles. The van der Waals surface area contributed by atoms with Crippen LogP contribution < -0.4 is 4.90 Å².